The number of amides is 1. The van der Waals surface area contributed by atoms with E-state index in [1.807, 2.05) is 37.4 Å². The Morgan fingerprint density at radius 3 is 2.65 bits per heavy atom. The van der Waals surface area contributed by atoms with Crippen LogP contribution >= 0.6 is 0 Å². The fraction of sp³-hybridized carbons (Fsp3) is 0.360. The lowest BCUT2D eigenvalue weighted by atomic mass is 10.1. The fourth-order valence-corrected chi connectivity index (χ4v) is 4.24. The van der Waals surface area contributed by atoms with E-state index < -0.39 is 0 Å². The number of carbonyl (C=O) groups excluding carboxylic acids is 2. The number of anilines is 1. The molecule has 0 aliphatic heterocycles. The average molecular weight is 421 g/mol. The zero-order valence-electron chi connectivity index (χ0n) is 18.0. The van der Waals surface area contributed by atoms with Crippen molar-refractivity contribution in [2.24, 2.45) is 5.92 Å². The van der Waals surface area contributed by atoms with E-state index >= 15 is 0 Å². The molecule has 3 aromatic rings. The van der Waals surface area contributed by atoms with Crippen molar-refractivity contribution in [3.8, 4) is 5.75 Å². The predicted molar refractivity (Wildman–Crippen MR) is 121 cm³/mol. The Labute approximate surface area is 182 Å². The first-order valence-corrected chi connectivity index (χ1v) is 10.8. The van der Waals surface area contributed by atoms with Gasteiger partial charge in [0.1, 0.15) is 5.75 Å². The zero-order valence-corrected chi connectivity index (χ0v) is 18.0. The van der Waals surface area contributed by atoms with Gasteiger partial charge < -0.3 is 19.4 Å². The highest BCUT2D eigenvalue weighted by Gasteiger charge is 2.22. The van der Waals surface area contributed by atoms with Crippen molar-refractivity contribution < 1.29 is 19.1 Å². The van der Waals surface area contributed by atoms with Crippen LogP contribution in [-0.4, -0.2) is 30.2 Å². The Hall–Kier alpha value is -3.28. The van der Waals surface area contributed by atoms with E-state index in [4.69, 9.17) is 9.47 Å². The Morgan fingerprint density at radius 2 is 1.90 bits per heavy atom. The van der Waals surface area contributed by atoms with Gasteiger partial charge in [-0.05, 0) is 55.5 Å². The van der Waals surface area contributed by atoms with Gasteiger partial charge in [-0.25, -0.2) is 4.79 Å². The standard InChI is InChI=1S/C25H28N2O4/c1-3-31-23-14-19(25(29)30-2)8-9-20(23)16-27-13-12-17-10-11-21(15-22(17)27)26-24(28)18-6-4-5-7-18/h8-15,18H,3-7,16H2,1-2H3,(H,26,28). The van der Waals surface area contributed by atoms with Gasteiger partial charge in [-0.15, -0.1) is 0 Å². The van der Waals surface area contributed by atoms with Crippen LogP contribution < -0.4 is 10.1 Å². The molecule has 1 amide bonds. The number of carbonyl (C=O) groups is 2. The first-order valence-electron chi connectivity index (χ1n) is 10.8. The molecule has 1 aromatic heterocycles. The summed E-state index contributed by atoms with van der Waals surface area (Å²) in [6, 6.07) is 13.4. The van der Waals surface area contributed by atoms with Gasteiger partial charge in [0.15, 0.2) is 0 Å². The molecule has 0 bridgehead atoms. The van der Waals surface area contributed by atoms with Crippen LogP contribution in [0.1, 0.15) is 48.5 Å². The molecule has 6 nitrogen and oxygen atoms in total. The summed E-state index contributed by atoms with van der Waals surface area (Å²) in [7, 11) is 1.37. The molecule has 1 fully saturated rings. The first-order chi connectivity index (χ1) is 15.1. The van der Waals surface area contributed by atoms with E-state index in [0.29, 0.717) is 24.5 Å². The van der Waals surface area contributed by atoms with Crippen molar-refractivity contribution in [2.45, 2.75) is 39.2 Å². The molecule has 162 valence electrons. The molecule has 1 aliphatic rings. The monoisotopic (exact) mass is 420 g/mol. The molecule has 0 saturated heterocycles. The summed E-state index contributed by atoms with van der Waals surface area (Å²) >= 11 is 0. The number of ether oxygens (including phenoxy) is 2. The maximum absolute atomic E-state index is 12.5. The van der Waals surface area contributed by atoms with Gasteiger partial charge in [-0.2, -0.15) is 0 Å². The van der Waals surface area contributed by atoms with Crippen molar-refractivity contribution in [1.29, 1.82) is 0 Å². The molecular weight excluding hydrogens is 392 g/mol. The van der Waals surface area contributed by atoms with Crippen LogP contribution in [-0.2, 0) is 16.1 Å². The summed E-state index contributed by atoms with van der Waals surface area (Å²) in [5.41, 5.74) is 3.27. The van der Waals surface area contributed by atoms with E-state index in [0.717, 1.165) is 47.8 Å². The highest BCUT2D eigenvalue weighted by molar-refractivity contribution is 5.95. The molecule has 6 heteroatoms. The third kappa shape index (κ3) is 4.58. The minimum Gasteiger partial charge on any atom is -0.494 e. The largest absolute Gasteiger partial charge is 0.494 e. The SMILES string of the molecule is CCOc1cc(C(=O)OC)ccc1Cn1ccc2ccc(NC(=O)C3CCCC3)cc21. The molecule has 0 spiro atoms. The lowest BCUT2D eigenvalue weighted by Gasteiger charge is -2.14. The number of nitrogens with zero attached hydrogens (tertiary/aromatic N) is 1. The van der Waals surface area contributed by atoms with Gasteiger partial charge in [0.2, 0.25) is 5.91 Å². The Bertz CT molecular complexity index is 1100. The lowest BCUT2D eigenvalue weighted by molar-refractivity contribution is -0.119. The molecular formula is C25H28N2O4. The van der Waals surface area contributed by atoms with E-state index in [1.54, 1.807) is 12.1 Å². The van der Waals surface area contributed by atoms with E-state index in [1.165, 1.54) is 7.11 Å². The Kier molecular flexibility index (Phi) is 6.26. The van der Waals surface area contributed by atoms with Crippen LogP contribution in [0.25, 0.3) is 10.9 Å². The average Bonchev–Trinajstić information content (AvgIpc) is 3.45. The van der Waals surface area contributed by atoms with Crippen molar-refractivity contribution >= 4 is 28.5 Å². The molecule has 1 saturated carbocycles. The van der Waals surface area contributed by atoms with Crippen molar-refractivity contribution in [3.05, 3.63) is 59.8 Å². The van der Waals surface area contributed by atoms with E-state index in [2.05, 4.69) is 16.0 Å². The van der Waals surface area contributed by atoms with E-state index in [-0.39, 0.29) is 17.8 Å². The van der Waals surface area contributed by atoms with Gasteiger partial charge in [0.05, 0.1) is 31.3 Å². The van der Waals surface area contributed by atoms with Crippen LogP contribution in [0.15, 0.2) is 48.7 Å². The minimum atomic E-state index is -0.387. The molecule has 4 rings (SSSR count). The number of benzene rings is 2. The normalized spacial score (nSPS) is 14.0. The number of hydrogen-bond donors (Lipinski definition) is 1. The lowest BCUT2D eigenvalue weighted by Crippen LogP contribution is -2.20. The molecule has 1 N–H and O–H groups in total. The number of fused-ring (bicyclic) bond motifs is 1. The van der Waals surface area contributed by atoms with Crippen molar-refractivity contribution in [3.63, 3.8) is 0 Å². The molecule has 2 aromatic carbocycles. The molecule has 0 atom stereocenters. The highest BCUT2D eigenvalue weighted by atomic mass is 16.5. The summed E-state index contributed by atoms with van der Waals surface area (Å²) < 4.78 is 12.7. The number of methoxy groups -OCH3 is 1. The maximum Gasteiger partial charge on any atom is 0.337 e. The highest BCUT2D eigenvalue weighted by Crippen LogP contribution is 2.28. The summed E-state index contributed by atoms with van der Waals surface area (Å²) in [5, 5.41) is 4.19. The number of rotatable bonds is 7. The van der Waals surface area contributed by atoms with Crippen LogP contribution in [0, 0.1) is 5.92 Å². The topological polar surface area (TPSA) is 69.6 Å². The fourth-order valence-electron chi connectivity index (χ4n) is 4.24. The Balaban J connectivity index is 1.59. The minimum absolute atomic E-state index is 0.118. The van der Waals surface area contributed by atoms with Gasteiger partial charge in [-0.1, -0.05) is 25.0 Å². The summed E-state index contributed by atoms with van der Waals surface area (Å²) in [5.74, 6) is 0.524. The number of hydrogen-bond acceptors (Lipinski definition) is 4. The maximum atomic E-state index is 12.5. The summed E-state index contributed by atoms with van der Waals surface area (Å²) in [4.78, 5) is 24.4. The van der Waals surface area contributed by atoms with Crippen molar-refractivity contribution in [2.75, 3.05) is 19.0 Å². The molecule has 1 aliphatic carbocycles. The van der Waals surface area contributed by atoms with Gasteiger partial charge in [0, 0.05) is 23.4 Å². The third-order valence-electron chi connectivity index (χ3n) is 5.90. The Morgan fingerprint density at radius 1 is 1.10 bits per heavy atom. The number of esters is 1. The van der Waals surface area contributed by atoms with E-state index in [9.17, 15) is 9.59 Å². The van der Waals surface area contributed by atoms with Gasteiger partial charge in [0.25, 0.3) is 0 Å². The van der Waals surface area contributed by atoms with Crippen LogP contribution in [0.2, 0.25) is 0 Å². The second kappa shape index (κ2) is 9.25. The summed E-state index contributed by atoms with van der Waals surface area (Å²) in [6.45, 7) is 3.00. The quantitative estimate of drug-likeness (QED) is 0.546. The van der Waals surface area contributed by atoms with Crippen LogP contribution in [0.4, 0.5) is 5.69 Å². The zero-order chi connectivity index (χ0) is 21.8. The second-order valence-electron chi connectivity index (χ2n) is 7.93. The molecule has 0 radical (unpaired) electrons. The smallest absolute Gasteiger partial charge is 0.337 e. The molecule has 0 unspecified atom stereocenters. The van der Waals surface area contributed by atoms with Crippen molar-refractivity contribution in [1.82, 2.24) is 4.57 Å². The number of nitrogens with one attached hydrogen (secondary N) is 1. The van der Waals surface area contributed by atoms with Gasteiger partial charge >= 0.3 is 5.97 Å². The first kappa shape index (κ1) is 21.0. The molecule has 1 heterocycles. The molecule has 31 heavy (non-hydrogen) atoms. The number of aromatic nitrogens is 1. The van der Waals surface area contributed by atoms with Crippen LogP contribution in [0.3, 0.4) is 0 Å². The van der Waals surface area contributed by atoms with Gasteiger partial charge in [-0.3, -0.25) is 4.79 Å². The second-order valence-corrected chi connectivity index (χ2v) is 7.93. The third-order valence-corrected chi connectivity index (χ3v) is 5.90. The predicted octanol–water partition coefficient (Wildman–Crippen LogP) is 5.00. The van der Waals surface area contributed by atoms with Crippen LogP contribution in [0.5, 0.6) is 5.75 Å². The summed E-state index contributed by atoms with van der Waals surface area (Å²) in [6.07, 6.45) is 6.25.